The van der Waals surface area contributed by atoms with Gasteiger partial charge in [0, 0.05) is 11.4 Å². The second-order valence-electron chi connectivity index (χ2n) is 4.71. The van der Waals surface area contributed by atoms with Crippen molar-refractivity contribution in [1.82, 2.24) is 10.2 Å². The zero-order valence-electron chi connectivity index (χ0n) is 11.6. The van der Waals surface area contributed by atoms with Gasteiger partial charge in [-0.05, 0) is 31.6 Å². The van der Waals surface area contributed by atoms with Crippen LogP contribution in [0.15, 0.2) is 34.3 Å². The molecule has 0 radical (unpaired) electrons. The summed E-state index contributed by atoms with van der Waals surface area (Å²) < 4.78 is 5.17. The Labute approximate surface area is 122 Å². The summed E-state index contributed by atoms with van der Waals surface area (Å²) in [7, 11) is 4.00. The van der Waals surface area contributed by atoms with Crippen LogP contribution in [0.4, 0.5) is 0 Å². The summed E-state index contributed by atoms with van der Waals surface area (Å²) in [5, 5.41) is 4.97. The number of carbonyl (C=O) groups excluding carboxylic acids is 1. The van der Waals surface area contributed by atoms with Gasteiger partial charge in [0.1, 0.15) is 12.0 Å². The number of thiophene rings is 1. The predicted molar refractivity (Wildman–Crippen MR) is 79.7 cm³/mol. The van der Waals surface area contributed by atoms with Crippen LogP contribution in [0.5, 0.6) is 0 Å². The quantitative estimate of drug-likeness (QED) is 0.852. The molecule has 1 atom stereocenters. The number of carbonyl (C=O) groups is 1. The molecule has 0 aromatic carbocycles. The maximum atomic E-state index is 12.0. The lowest BCUT2D eigenvalue weighted by Gasteiger charge is -2.23. The lowest BCUT2D eigenvalue weighted by molar-refractivity contribution is 0.0941. The van der Waals surface area contributed by atoms with Gasteiger partial charge in [0.15, 0.2) is 0 Å². The minimum Gasteiger partial charge on any atom is -0.467 e. The van der Waals surface area contributed by atoms with Gasteiger partial charge >= 0.3 is 0 Å². The van der Waals surface area contributed by atoms with E-state index in [2.05, 4.69) is 16.3 Å². The first-order valence-corrected chi connectivity index (χ1v) is 7.25. The number of amides is 1. The van der Waals surface area contributed by atoms with Crippen molar-refractivity contribution in [3.8, 4) is 0 Å². The fourth-order valence-electron chi connectivity index (χ4n) is 1.92. The molecule has 6 heteroatoms. The van der Waals surface area contributed by atoms with Gasteiger partial charge in [-0.25, -0.2) is 0 Å². The number of nitrogens with two attached hydrogens (primary N) is 1. The maximum absolute atomic E-state index is 12.0. The van der Waals surface area contributed by atoms with E-state index in [0.29, 0.717) is 24.4 Å². The smallest absolute Gasteiger partial charge is 0.254 e. The molecule has 2 aromatic rings. The first-order chi connectivity index (χ1) is 9.61. The fourth-order valence-corrected chi connectivity index (χ4v) is 2.84. The third-order valence-electron chi connectivity index (χ3n) is 3.07. The third-order valence-corrected chi connectivity index (χ3v) is 4.04. The van der Waals surface area contributed by atoms with Gasteiger partial charge in [0.25, 0.3) is 5.91 Å². The molecule has 0 saturated carbocycles. The number of rotatable bonds is 6. The van der Waals surface area contributed by atoms with Crippen LogP contribution in [-0.4, -0.2) is 31.4 Å². The molecule has 20 heavy (non-hydrogen) atoms. The number of furan rings is 1. The highest BCUT2D eigenvalue weighted by Crippen LogP contribution is 2.22. The molecule has 108 valence electrons. The van der Waals surface area contributed by atoms with Gasteiger partial charge in [0.05, 0.1) is 18.2 Å². The Balaban J connectivity index is 1.97. The van der Waals surface area contributed by atoms with E-state index in [1.165, 1.54) is 11.1 Å². The zero-order chi connectivity index (χ0) is 14.5. The highest BCUT2D eigenvalue weighted by atomic mass is 32.1. The molecule has 0 spiro atoms. The molecule has 2 aromatic heterocycles. The Morgan fingerprint density at radius 2 is 2.35 bits per heavy atom. The van der Waals surface area contributed by atoms with Crippen molar-refractivity contribution in [1.29, 1.82) is 0 Å². The Hall–Kier alpha value is -1.63. The van der Waals surface area contributed by atoms with Crippen LogP contribution in [0, 0.1) is 0 Å². The molecule has 0 bridgehead atoms. The van der Waals surface area contributed by atoms with Crippen molar-refractivity contribution >= 4 is 17.2 Å². The molecule has 2 heterocycles. The zero-order valence-corrected chi connectivity index (χ0v) is 12.4. The summed E-state index contributed by atoms with van der Waals surface area (Å²) in [6.07, 6.45) is 1.44. The number of hydrogen-bond acceptors (Lipinski definition) is 5. The van der Waals surface area contributed by atoms with Crippen molar-refractivity contribution in [2.24, 2.45) is 5.73 Å². The number of nitrogens with zero attached hydrogens (tertiary/aromatic N) is 1. The van der Waals surface area contributed by atoms with E-state index in [0.717, 1.165) is 0 Å². The van der Waals surface area contributed by atoms with Crippen LogP contribution in [-0.2, 0) is 6.54 Å². The van der Waals surface area contributed by atoms with E-state index in [1.807, 2.05) is 25.5 Å². The van der Waals surface area contributed by atoms with Crippen molar-refractivity contribution in [2.45, 2.75) is 12.6 Å². The lowest BCUT2D eigenvalue weighted by Crippen LogP contribution is -2.34. The largest absolute Gasteiger partial charge is 0.467 e. The summed E-state index contributed by atoms with van der Waals surface area (Å²) in [6, 6.07) is 5.93. The third kappa shape index (κ3) is 3.47. The number of nitrogens with one attached hydrogen (secondary N) is 1. The first kappa shape index (κ1) is 14.8. The molecule has 0 aliphatic carbocycles. The van der Waals surface area contributed by atoms with E-state index in [9.17, 15) is 4.79 Å². The minimum absolute atomic E-state index is 0.142. The molecular weight excluding hydrogens is 274 g/mol. The molecule has 0 aliphatic heterocycles. The van der Waals surface area contributed by atoms with Crippen molar-refractivity contribution < 1.29 is 9.21 Å². The Kier molecular flexibility index (Phi) is 4.94. The molecule has 1 unspecified atom stereocenters. The van der Waals surface area contributed by atoms with Gasteiger partial charge in [-0.1, -0.05) is 6.07 Å². The number of hydrogen-bond donors (Lipinski definition) is 2. The Morgan fingerprint density at radius 3 is 2.90 bits per heavy atom. The van der Waals surface area contributed by atoms with Gasteiger partial charge in [-0.3, -0.25) is 4.79 Å². The highest BCUT2D eigenvalue weighted by molar-refractivity contribution is 7.10. The monoisotopic (exact) mass is 293 g/mol. The second-order valence-corrected chi connectivity index (χ2v) is 5.69. The van der Waals surface area contributed by atoms with Crippen molar-refractivity contribution in [3.05, 3.63) is 46.0 Å². The summed E-state index contributed by atoms with van der Waals surface area (Å²) >= 11 is 1.69. The molecule has 1 amide bonds. The number of likely N-dealkylation sites (N-methyl/N-ethyl adjacent to an activating group) is 1. The average molecular weight is 293 g/mol. The molecule has 3 N–H and O–H groups in total. The maximum Gasteiger partial charge on any atom is 0.254 e. The normalized spacial score (nSPS) is 12.6. The average Bonchev–Trinajstić information content (AvgIpc) is 3.09. The Bertz CT molecular complexity index is 549. The Morgan fingerprint density at radius 1 is 1.55 bits per heavy atom. The summed E-state index contributed by atoms with van der Waals surface area (Å²) in [5.41, 5.74) is 5.97. The van der Waals surface area contributed by atoms with Gasteiger partial charge in [-0.2, -0.15) is 0 Å². The van der Waals surface area contributed by atoms with Crippen LogP contribution < -0.4 is 11.1 Å². The molecule has 0 aliphatic rings. The van der Waals surface area contributed by atoms with E-state index >= 15 is 0 Å². The van der Waals surface area contributed by atoms with Crippen LogP contribution in [0.1, 0.15) is 27.0 Å². The van der Waals surface area contributed by atoms with Crippen LogP contribution in [0.2, 0.25) is 0 Å². The molecular formula is C14H19N3O2S. The second kappa shape index (κ2) is 6.69. The lowest BCUT2D eigenvalue weighted by atomic mass is 10.2. The first-order valence-electron chi connectivity index (χ1n) is 6.37. The SMILES string of the molecule is CN(C)C(CNC(=O)c1coc(CN)c1)c1cccs1. The topological polar surface area (TPSA) is 71.5 Å². The standard InChI is InChI=1S/C14H19N3O2S/c1-17(2)12(13-4-3-5-20-13)8-16-14(18)10-6-11(7-15)19-9-10/h3-6,9,12H,7-8,15H2,1-2H3,(H,16,18). The summed E-state index contributed by atoms with van der Waals surface area (Å²) in [4.78, 5) is 15.4. The summed E-state index contributed by atoms with van der Waals surface area (Å²) in [5.74, 6) is 0.467. The van der Waals surface area contributed by atoms with Crippen LogP contribution in [0.3, 0.4) is 0 Å². The summed E-state index contributed by atoms with van der Waals surface area (Å²) in [6.45, 7) is 0.846. The molecule has 2 rings (SSSR count). The molecule has 0 fully saturated rings. The van der Waals surface area contributed by atoms with Crippen LogP contribution in [0.25, 0.3) is 0 Å². The van der Waals surface area contributed by atoms with E-state index in [1.54, 1.807) is 17.4 Å². The van der Waals surface area contributed by atoms with Crippen molar-refractivity contribution in [3.63, 3.8) is 0 Å². The van der Waals surface area contributed by atoms with Gasteiger partial charge < -0.3 is 20.4 Å². The molecule has 0 saturated heterocycles. The van der Waals surface area contributed by atoms with E-state index < -0.39 is 0 Å². The fraction of sp³-hybridized carbons (Fsp3) is 0.357. The van der Waals surface area contributed by atoms with Crippen molar-refractivity contribution in [2.75, 3.05) is 20.6 Å². The predicted octanol–water partition coefficient (Wildman–Crippen LogP) is 1.83. The molecule has 5 nitrogen and oxygen atoms in total. The van der Waals surface area contributed by atoms with Gasteiger partial charge in [0.2, 0.25) is 0 Å². The minimum atomic E-state index is -0.142. The van der Waals surface area contributed by atoms with E-state index in [4.69, 9.17) is 10.2 Å². The highest BCUT2D eigenvalue weighted by Gasteiger charge is 2.17. The van der Waals surface area contributed by atoms with Gasteiger partial charge in [-0.15, -0.1) is 11.3 Å². The van der Waals surface area contributed by atoms with Crippen LogP contribution >= 0.6 is 11.3 Å². The van der Waals surface area contributed by atoms with E-state index in [-0.39, 0.29) is 11.9 Å².